The number of anilines is 1. The van der Waals surface area contributed by atoms with Crippen LogP contribution in [0.4, 0.5) is 5.69 Å². The number of thioether (sulfide) groups is 1. The van der Waals surface area contributed by atoms with Gasteiger partial charge in [-0.05, 0) is 28.8 Å². The summed E-state index contributed by atoms with van der Waals surface area (Å²) in [6.07, 6.45) is 2.43. The highest BCUT2D eigenvalue weighted by Crippen LogP contribution is 2.30. The number of nitrogens with one attached hydrogen (secondary N) is 1. The fraction of sp³-hybridized carbons (Fsp3) is 0.120. The van der Waals surface area contributed by atoms with Crippen LogP contribution in [-0.4, -0.2) is 21.2 Å². The van der Waals surface area contributed by atoms with E-state index in [4.69, 9.17) is 4.98 Å². The molecule has 0 aliphatic carbocycles. The van der Waals surface area contributed by atoms with Crippen LogP contribution in [0, 0.1) is 0 Å². The van der Waals surface area contributed by atoms with E-state index in [1.165, 1.54) is 5.56 Å². The largest absolute Gasteiger partial charge is 0.326 e. The van der Waals surface area contributed by atoms with Crippen molar-refractivity contribution < 1.29 is 4.79 Å². The number of amides is 1. The van der Waals surface area contributed by atoms with Crippen LogP contribution in [0.2, 0.25) is 0 Å². The van der Waals surface area contributed by atoms with Crippen molar-refractivity contribution in [2.24, 2.45) is 0 Å². The molecule has 1 N–H and O–H groups in total. The second-order valence-electron chi connectivity index (χ2n) is 7.32. The molecule has 0 saturated carbocycles. The number of aryl methyl sites for hydroxylation is 1. The van der Waals surface area contributed by atoms with Crippen LogP contribution in [0.15, 0.2) is 90.2 Å². The Morgan fingerprint density at radius 2 is 1.70 bits per heavy atom. The van der Waals surface area contributed by atoms with Crippen molar-refractivity contribution in [1.29, 1.82) is 0 Å². The van der Waals surface area contributed by atoms with Gasteiger partial charge in [0, 0.05) is 29.7 Å². The fourth-order valence-corrected chi connectivity index (χ4v) is 4.58. The topological polar surface area (TPSA) is 46.9 Å². The van der Waals surface area contributed by atoms with E-state index in [1.807, 2.05) is 54.6 Å². The second-order valence-corrected chi connectivity index (χ2v) is 8.38. The Balaban J connectivity index is 1.25. The maximum absolute atomic E-state index is 12.6. The van der Waals surface area contributed by atoms with Gasteiger partial charge >= 0.3 is 0 Å². The van der Waals surface area contributed by atoms with Crippen molar-refractivity contribution >= 4 is 23.4 Å². The minimum absolute atomic E-state index is 0.0255. The van der Waals surface area contributed by atoms with E-state index in [-0.39, 0.29) is 5.91 Å². The fourth-order valence-electron chi connectivity index (χ4n) is 3.64. The van der Waals surface area contributed by atoms with Crippen LogP contribution in [0.5, 0.6) is 0 Å². The van der Waals surface area contributed by atoms with Gasteiger partial charge < -0.3 is 9.88 Å². The van der Waals surface area contributed by atoms with Gasteiger partial charge in [0.25, 0.3) is 0 Å². The molecule has 4 aromatic rings. The first kappa shape index (κ1) is 18.7. The highest BCUT2D eigenvalue weighted by molar-refractivity contribution is 7.99. The first-order valence-electron chi connectivity index (χ1n) is 9.99. The molecule has 30 heavy (non-hydrogen) atoms. The summed E-state index contributed by atoms with van der Waals surface area (Å²) < 4.78 is 2.18. The van der Waals surface area contributed by atoms with Gasteiger partial charge in [0.2, 0.25) is 5.91 Å². The number of hydrogen-bond donors (Lipinski definition) is 1. The number of rotatable bonds is 5. The van der Waals surface area contributed by atoms with Crippen molar-refractivity contribution in [1.82, 2.24) is 9.55 Å². The summed E-state index contributed by atoms with van der Waals surface area (Å²) in [4.78, 5) is 17.3. The van der Waals surface area contributed by atoms with Crippen LogP contribution >= 0.6 is 11.8 Å². The summed E-state index contributed by atoms with van der Waals surface area (Å²) >= 11 is 1.78. The number of imidazole rings is 1. The molecule has 148 valence electrons. The molecule has 0 spiro atoms. The van der Waals surface area contributed by atoms with Crippen LogP contribution in [-0.2, 0) is 17.8 Å². The summed E-state index contributed by atoms with van der Waals surface area (Å²) in [7, 11) is 0. The number of fused-ring (bicyclic) bond motifs is 1. The van der Waals surface area contributed by atoms with Gasteiger partial charge in [0.05, 0.1) is 12.1 Å². The summed E-state index contributed by atoms with van der Waals surface area (Å²) in [5.74, 6) is 1.06. The summed E-state index contributed by atoms with van der Waals surface area (Å²) in [5.41, 5.74) is 6.07. The molecule has 0 bridgehead atoms. The van der Waals surface area contributed by atoms with Gasteiger partial charge in [-0.3, -0.25) is 4.79 Å². The van der Waals surface area contributed by atoms with Crippen molar-refractivity contribution in [3.05, 3.63) is 90.6 Å². The van der Waals surface area contributed by atoms with Crippen LogP contribution in [0.25, 0.3) is 22.4 Å². The highest BCUT2D eigenvalue weighted by atomic mass is 32.2. The Morgan fingerprint density at radius 1 is 0.933 bits per heavy atom. The van der Waals surface area contributed by atoms with Gasteiger partial charge in [-0.1, -0.05) is 78.5 Å². The predicted octanol–water partition coefficient (Wildman–Crippen LogP) is 5.50. The Labute approximate surface area is 180 Å². The molecule has 5 rings (SSSR count). The normalized spacial score (nSPS) is 12.5. The Hall–Kier alpha value is -3.31. The molecule has 4 nitrogen and oxygen atoms in total. The minimum atomic E-state index is -0.0255. The molecule has 2 heterocycles. The third-order valence-corrected chi connectivity index (χ3v) is 6.14. The first-order valence-corrected chi connectivity index (χ1v) is 11.0. The standard InChI is InChI=1S/C25H21N3OS/c29-24(15-18-9-11-20(12-10-18)19-5-2-1-3-6-19)26-22-8-4-7-21(16-22)23-17-28-13-14-30-25(28)27-23/h1-12,16-17H,13-15H2,(H,26,29). The van der Waals surface area contributed by atoms with Gasteiger partial charge in [0.15, 0.2) is 5.16 Å². The SMILES string of the molecule is O=C(Cc1ccc(-c2ccccc2)cc1)Nc1cccc(-c2cn3c(n2)SCC3)c1. The van der Waals surface area contributed by atoms with Crippen LogP contribution in [0.1, 0.15) is 5.56 Å². The molecule has 1 amide bonds. The van der Waals surface area contributed by atoms with Crippen molar-refractivity contribution in [3.63, 3.8) is 0 Å². The molecule has 0 fully saturated rings. The van der Waals surface area contributed by atoms with E-state index in [9.17, 15) is 4.79 Å². The third kappa shape index (κ3) is 4.02. The monoisotopic (exact) mass is 411 g/mol. The zero-order chi connectivity index (χ0) is 20.3. The second kappa shape index (κ2) is 8.20. The van der Waals surface area contributed by atoms with Gasteiger partial charge in [-0.25, -0.2) is 4.98 Å². The van der Waals surface area contributed by atoms with Crippen molar-refractivity contribution in [2.75, 3.05) is 11.1 Å². The third-order valence-electron chi connectivity index (χ3n) is 5.17. The number of carbonyl (C=O) groups is 1. The predicted molar refractivity (Wildman–Crippen MR) is 123 cm³/mol. The van der Waals surface area contributed by atoms with E-state index in [0.29, 0.717) is 6.42 Å². The lowest BCUT2D eigenvalue weighted by molar-refractivity contribution is -0.115. The molecule has 1 aliphatic heterocycles. The molecular formula is C25H21N3OS. The number of benzene rings is 3. The number of carbonyl (C=O) groups excluding carboxylic acids is 1. The molecule has 0 radical (unpaired) electrons. The summed E-state index contributed by atoms with van der Waals surface area (Å²) in [6, 6.07) is 26.3. The molecule has 1 aromatic heterocycles. The average molecular weight is 412 g/mol. The molecule has 3 aromatic carbocycles. The quantitative estimate of drug-likeness (QED) is 0.471. The highest BCUT2D eigenvalue weighted by Gasteiger charge is 2.15. The molecule has 0 unspecified atom stereocenters. The first-order chi connectivity index (χ1) is 14.7. The van der Waals surface area contributed by atoms with Crippen molar-refractivity contribution in [2.45, 2.75) is 18.1 Å². The van der Waals surface area contributed by atoms with E-state index in [1.54, 1.807) is 11.8 Å². The van der Waals surface area contributed by atoms with Crippen molar-refractivity contribution in [3.8, 4) is 22.4 Å². The zero-order valence-corrected chi connectivity index (χ0v) is 17.2. The van der Waals surface area contributed by atoms with E-state index < -0.39 is 0 Å². The lowest BCUT2D eigenvalue weighted by Crippen LogP contribution is -2.14. The Bertz CT molecular complexity index is 1160. The van der Waals surface area contributed by atoms with E-state index in [0.717, 1.165) is 45.5 Å². The molecule has 0 atom stereocenters. The van der Waals surface area contributed by atoms with Crippen LogP contribution in [0.3, 0.4) is 0 Å². The Morgan fingerprint density at radius 3 is 2.50 bits per heavy atom. The minimum Gasteiger partial charge on any atom is -0.326 e. The lowest BCUT2D eigenvalue weighted by Gasteiger charge is -2.08. The lowest BCUT2D eigenvalue weighted by atomic mass is 10.0. The van der Waals surface area contributed by atoms with E-state index >= 15 is 0 Å². The summed E-state index contributed by atoms with van der Waals surface area (Å²) in [5, 5.41) is 4.09. The molecule has 1 aliphatic rings. The van der Waals surface area contributed by atoms with Gasteiger partial charge in [0.1, 0.15) is 0 Å². The number of nitrogens with zero attached hydrogens (tertiary/aromatic N) is 2. The number of aromatic nitrogens is 2. The molecule has 0 saturated heterocycles. The van der Waals surface area contributed by atoms with Crippen LogP contribution < -0.4 is 5.32 Å². The van der Waals surface area contributed by atoms with Gasteiger partial charge in [-0.2, -0.15) is 0 Å². The maximum Gasteiger partial charge on any atom is 0.228 e. The molecule has 5 heteroatoms. The summed E-state index contributed by atoms with van der Waals surface area (Å²) in [6.45, 7) is 1.01. The smallest absolute Gasteiger partial charge is 0.228 e. The zero-order valence-electron chi connectivity index (χ0n) is 16.4. The number of hydrogen-bond acceptors (Lipinski definition) is 3. The van der Waals surface area contributed by atoms with E-state index in [2.05, 4.69) is 40.3 Å². The maximum atomic E-state index is 12.6. The average Bonchev–Trinajstić information content (AvgIpc) is 3.38. The Kier molecular flexibility index (Phi) is 5.11. The van der Waals surface area contributed by atoms with Gasteiger partial charge in [-0.15, -0.1) is 0 Å². The molecular weight excluding hydrogens is 390 g/mol.